The zero-order chi connectivity index (χ0) is 17.4. The Kier molecular flexibility index (Phi) is 4.19. The third-order valence-corrected chi connectivity index (χ3v) is 5.19. The number of hydrogen-bond donors (Lipinski definition) is 1. The van der Waals surface area contributed by atoms with Crippen LogP contribution in [0.4, 0.5) is 4.39 Å². The Balaban J connectivity index is 1.37. The minimum Gasteiger partial charge on any atom is -0.480 e. The molecular formula is C19H22FN3O2. The number of amides is 1. The monoisotopic (exact) mass is 343 g/mol. The normalized spacial score (nSPS) is 20.9. The van der Waals surface area contributed by atoms with Crippen molar-refractivity contribution in [1.82, 2.24) is 15.1 Å². The lowest BCUT2D eigenvalue weighted by Gasteiger charge is -2.35. The average Bonchev–Trinajstić information content (AvgIpc) is 3.07. The van der Waals surface area contributed by atoms with Gasteiger partial charge in [-0.2, -0.15) is 5.10 Å². The maximum Gasteiger partial charge on any atom is 0.263 e. The number of aromatic amines is 1. The van der Waals surface area contributed by atoms with Crippen molar-refractivity contribution in [3.05, 3.63) is 47.0 Å². The van der Waals surface area contributed by atoms with Gasteiger partial charge in [0.1, 0.15) is 11.6 Å². The molecule has 1 N–H and O–H groups in total. The van der Waals surface area contributed by atoms with Gasteiger partial charge in [0.05, 0.1) is 5.69 Å². The van der Waals surface area contributed by atoms with Crippen LogP contribution in [0, 0.1) is 12.7 Å². The van der Waals surface area contributed by atoms with Crippen LogP contribution in [0.5, 0.6) is 5.75 Å². The van der Waals surface area contributed by atoms with Crippen molar-refractivity contribution >= 4 is 5.91 Å². The van der Waals surface area contributed by atoms with Crippen LogP contribution in [0.3, 0.4) is 0 Å². The predicted octanol–water partition coefficient (Wildman–Crippen LogP) is 2.96. The van der Waals surface area contributed by atoms with E-state index in [0.29, 0.717) is 24.5 Å². The number of rotatable bonds is 2. The standard InChI is InChI=1S/C19H22FN3O2/c1-12-10-16(22-21-12)13-6-8-23(9-7-13)19(24)18-4-2-14-11-15(20)3-5-17(14)25-18/h3,5,10-11,13,18H,2,4,6-9H2,1H3,(H,21,22). The number of aromatic nitrogens is 2. The molecule has 0 bridgehead atoms. The molecule has 2 aliphatic rings. The van der Waals surface area contributed by atoms with Gasteiger partial charge < -0.3 is 9.64 Å². The van der Waals surface area contributed by atoms with E-state index in [9.17, 15) is 9.18 Å². The first-order valence-corrected chi connectivity index (χ1v) is 8.86. The molecule has 1 aromatic heterocycles. The SMILES string of the molecule is Cc1cc(C2CCN(C(=O)C3CCc4cc(F)ccc4O3)CC2)n[nH]1. The summed E-state index contributed by atoms with van der Waals surface area (Å²) in [6.45, 7) is 3.45. The fourth-order valence-corrected chi connectivity index (χ4v) is 3.78. The van der Waals surface area contributed by atoms with E-state index in [4.69, 9.17) is 4.74 Å². The third kappa shape index (κ3) is 3.25. The van der Waals surface area contributed by atoms with Gasteiger partial charge in [0.15, 0.2) is 6.10 Å². The zero-order valence-electron chi connectivity index (χ0n) is 14.3. The Bertz CT molecular complexity index is 781. The van der Waals surface area contributed by atoms with E-state index < -0.39 is 6.10 Å². The van der Waals surface area contributed by atoms with Crippen molar-refractivity contribution in [2.45, 2.75) is 44.6 Å². The molecule has 3 heterocycles. The summed E-state index contributed by atoms with van der Waals surface area (Å²) >= 11 is 0. The first-order valence-electron chi connectivity index (χ1n) is 8.86. The number of carbonyl (C=O) groups excluding carboxylic acids is 1. The fraction of sp³-hybridized carbons (Fsp3) is 0.474. The molecule has 1 unspecified atom stereocenters. The second kappa shape index (κ2) is 6.50. The number of benzene rings is 1. The van der Waals surface area contributed by atoms with E-state index in [2.05, 4.69) is 16.3 Å². The van der Waals surface area contributed by atoms with Crippen LogP contribution in [0.15, 0.2) is 24.3 Å². The first-order chi connectivity index (χ1) is 12.1. The van der Waals surface area contributed by atoms with Crippen molar-refractivity contribution in [1.29, 1.82) is 0 Å². The summed E-state index contributed by atoms with van der Waals surface area (Å²) in [4.78, 5) is 14.7. The maximum absolute atomic E-state index is 13.3. The van der Waals surface area contributed by atoms with E-state index in [1.54, 1.807) is 6.07 Å². The molecular weight excluding hydrogens is 321 g/mol. The van der Waals surface area contributed by atoms with Gasteiger partial charge in [-0.1, -0.05) is 0 Å². The lowest BCUT2D eigenvalue weighted by atomic mass is 9.92. The molecule has 0 spiro atoms. The summed E-state index contributed by atoms with van der Waals surface area (Å²) in [6.07, 6.45) is 2.66. The van der Waals surface area contributed by atoms with Gasteiger partial charge in [0, 0.05) is 24.7 Å². The van der Waals surface area contributed by atoms with Crippen molar-refractivity contribution in [3.8, 4) is 5.75 Å². The Morgan fingerprint density at radius 3 is 2.80 bits per heavy atom. The Hall–Kier alpha value is -2.37. The van der Waals surface area contributed by atoms with Gasteiger partial charge in [-0.25, -0.2) is 4.39 Å². The largest absolute Gasteiger partial charge is 0.480 e. The van der Waals surface area contributed by atoms with Crippen molar-refractivity contribution in [2.24, 2.45) is 0 Å². The third-order valence-electron chi connectivity index (χ3n) is 5.19. The van der Waals surface area contributed by atoms with Gasteiger partial charge in [-0.15, -0.1) is 0 Å². The highest BCUT2D eigenvalue weighted by molar-refractivity contribution is 5.81. The van der Waals surface area contributed by atoms with E-state index in [1.807, 2.05) is 11.8 Å². The Morgan fingerprint density at radius 1 is 1.28 bits per heavy atom. The highest BCUT2D eigenvalue weighted by atomic mass is 19.1. The lowest BCUT2D eigenvalue weighted by molar-refractivity contribution is -0.140. The molecule has 1 saturated heterocycles. The number of carbonyl (C=O) groups is 1. The molecule has 1 atom stereocenters. The van der Waals surface area contributed by atoms with Crippen LogP contribution in [0.2, 0.25) is 0 Å². The summed E-state index contributed by atoms with van der Waals surface area (Å²) in [5.41, 5.74) is 3.00. The average molecular weight is 343 g/mol. The molecule has 0 saturated carbocycles. The van der Waals surface area contributed by atoms with Crippen molar-refractivity contribution in [3.63, 3.8) is 0 Å². The number of H-pyrrole nitrogens is 1. The summed E-state index contributed by atoms with van der Waals surface area (Å²) < 4.78 is 19.1. The number of aryl methyl sites for hydroxylation is 2. The quantitative estimate of drug-likeness (QED) is 0.912. The summed E-state index contributed by atoms with van der Waals surface area (Å²) in [5.74, 6) is 0.826. The zero-order valence-corrected chi connectivity index (χ0v) is 14.3. The molecule has 6 heteroatoms. The summed E-state index contributed by atoms with van der Waals surface area (Å²) in [6, 6.07) is 6.58. The van der Waals surface area contributed by atoms with Gasteiger partial charge in [-0.3, -0.25) is 9.89 Å². The van der Waals surface area contributed by atoms with Gasteiger partial charge in [-0.05, 0) is 62.4 Å². The van der Waals surface area contributed by atoms with E-state index >= 15 is 0 Å². The minimum absolute atomic E-state index is 0.0478. The van der Waals surface area contributed by atoms with Crippen LogP contribution < -0.4 is 4.74 Å². The Morgan fingerprint density at radius 2 is 2.08 bits per heavy atom. The van der Waals surface area contributed by atoms with Gasteiger partial charge in [0.2, 0.25) is 0 Å². The number of piperidine rings is 1. The topological polar surface area (TPSA) is 58.2 Å². The fourth-order valence-electron chi connectivity index (χ4n) is 3.78. The smallest absolute Gasteiger partial charge is 0.263 e. The summed E-state index contributed by atoms with van der Waals surface area (Å²) in [5, 5.41) is 7.34. The number of fused-ring (bicyclic) bond motifs is 1. The molecule has 0 radical (unpaired) electrons. The molecule has 132 valence electrons. The number of halogens is 1. The van der Waals surface area contributed by atoms with Gasteiger partial charge >= 0.3 is 0 Å². The van der Waals surface area contributed by atoms with E-state index in [-0.39, 0.29) is 11.7 Å². The van der Waals surface area contributed by atoms with Crippen LogP contribution in [-0.2, 0) is 11.2 Å². The number of likely N-dealkylation sites (tertiary alicyclic amines) is 1. The highest BCUT2D eigenvalue weighted by Gasteiger charge is 2.32. The highest BCUT2D eigenvalue weighted by Crippen LogP contribution is 2.31. The van der Waals surface area contributed by atoms with Crippen LogP contribution >= 0.6 is 0 Å². The van der Waals surface area contributed by atoms with E-state index in [0.717, 1.165) is 42.9 Å². The van der Waals surface area contributed by atoms with Crippen LogP contribution in [0.1, 0.15) is 42.1 Å². The molecule has 0 aliphatic carbocycles. The molecule has 4 rings (SSSR count). The van der Waals surface area contributed by atoms with Crippen LogP contribution in [0.25, 0.3) is 0 Å². The van der Waals surface area contributed by atoms with Crippen molar-refractivity contribution in [2.75, 3.05) is 13.1 Å². The Labute approximate surface area is 146 Å². The minimum atomic E-state index is -0.456. The predicted molar refractivity (Wildman–Crippen MR) is 91.0 cm³/mol. The maximum atomic E-state index is 13.3. The lowest BCUT2D eigenvalue weighted by Crippen LogP contribution is -2.46. The molecule has 2 aromatic rings. The number of nitrogens with zero attached hydrogens (tertiary/aromatic N) is 2. The molecule has 2 aliphatic heterocycles. The number of hydrogen-bond acceptors (Lipinski definition) is 3. The van der Waals surface area contributed by atoms with Crippen LogP contribution in [-0.4, -0.2) is 40.2 Å². The molecule has 1 fully saturated rings. The second-order valence-corrected chi connectivity index (χ2v) is 6.97. The number of nitrogens with one attached hydrogen (secondary N) is 1. The molecule has 1 amide bonds. The molecule has 1 aromatic carbocycles. The molecule has 25 heavy (non-hydrogen) atoms. The van der Waals surface area contributed by atoms with E-state index in [1.165, 1.54) is 12.1 Å². The van der Waals surface area contributed by atoms with Crippen molar-refractivity contribution < 1.29 is 13.9 Å². The van der Waals surface area contributed by atoms with Gasteiger partial charge in [0.25, 0.3) is 5.91 Å². The molecule has 5 nitrogen and oxygen atoms in total. The first kappa shape index (κ1) is 16.1. The summed E-state index contributed by atoms with van der Waals surface area (Å²) in [7, 11) is 0. The number of ether oxygens (including phenoxy) is 1. The second-order valence-electron chi connectivity index (χ2n) is 6.97.